The smallest absolute Gasteiger partial charge is 0.129 e. The maximum atomic E-state index is 13.5. The number of likely N-dealkylation sites (N-methyl/N-ethyl adjacent to an activating group) is 1. The lowest BCUT2D eigenvalue weighted by Crippen LogP contribution is -2.32. The summed E-state index contributed by atoms with van der Waals surface area (Å²) in [5.74, 6) is -0.321. The van der Waals surface area contributed by atoms with E-state index in [4.69, 9.17) is 10.5 Å². The van der Waals surface area contributed by atoms with Gasteiger partial charge in [-0.3, -0.25) is 0 Å². The number of methoxy groups -OCH3 is 1. The molecule has 0 aliphatic rings. The minimum Gasteiger partial charge on any atom is -0.389 e. The number of halogens is 1. The first-order chi connectivity index (χ1) is 8.10. The van der Waals surface area contributed by atoms with Gasteiger partial charge < -0.3 is 20.5 Å². The summed E-state index contributed by atoms with van der Waals surface area (Å²) in [6.45, 7) is 0.745. The Bertz CT molecular complexity index is 360. The summed E-state index contributed by atoms with van der Waals surface area (Å²) >= 11 is 0. The lowest BCUT2D eigenvalue weighted by molar-refractivity contribution is 0.0695. The molecule has 0 aliphatic heterocycles. The molecule has 1 unspecified atom stereocenters. The molecule has 0 fully saturated rings. The van der Waals surface area contributed by atoms with E-state index in [0.29, 0.717) is 17.8 Å². The Balaban J connectivity index is 2.81. The van der Waals surface area contributed by atoms with E-state index >= 15 is 0 Å². The van der Waals surface area contributed by atoms with Gasteiger partial charge in [-0.15, -0.1) is 0 Å². The van der Waals surface area contributed by atoms with Crippen LogP contribution in [0.15, 0.2) is 18.2 Å². The second-order valence-corrected chi connectivity index (χ2v) is 3.93. The van der Waals surface area contributed by atoms with Gasteiger partial charge in [0.1, 0.15) is 5.82 Å². The second kappa shape index (κ2) is 6.54. The number of aliphatic hydroxyl groups is 1. The number of nitrogens with two attached hydrogens (primary N) is 1. The predicted molar refractivity (Wildman–Crippen MR) is 65.4 cm³/mol. The molecule has 0 aromatic heterocycles. The molecule has 1 aromatic carbocycles. The molecule has 0 saturated heterocycles. The van der Waals surface area contributed by atoms with Gasteiger partial charge in [-0.1, -0.05) is 6.07 Å². The molecule has 0 amide bonds. The molecule has 0 radical (unpaired) electrons. The van der Waals surface area contributed by atoms with Crippen LogP contribution in [0.2, 0.25) is 0 Å². The maximum absolute atomic E-state index is 13.5. The zero-order valence-corrected chi connectivity index (χ0v) is 10.2. The van der Waals surface area contributed by atoms with Crippen LogP contribution in [0.5, 0.6) is 0 Å². The van der Waals surface area contributed by atoms with Crippen molar-refractivity contribution in [3.8, 4) is 0 Å². The standard InChI is InChI=1S/C12H19FN2O2/c1-15(7-9(16)8-17-2)12-5-3-4-11(13)10(12)6-14/h3-5,9,16H,6-8,14H2,1-2H3. The Morgan fingerprint density at radius 2 is 2.24 bits per heavy atom. The Kier molecular flexibility index (Phi) is 5.34. The summed E-state index contributed by atoms with van der Waals surface area (Å²) in [6, 6.07) is 4.79. The van der Waals surface area contributed by atoms with Gasteiger partial charge in [0.2, 0.25) is 0 Å². The van der Waals surface area contributed by atoms with E-state index in [2.05, 4.69) is 0 Å². The maximum Gasteiger partial charge on any atom is 0.129 e. The monoisotopic (exact) mass is 242 g/mol. The van der Waals surface area contributed by atoms with Crippen LogP contribution < -0.4 is 10.6 Å². The van der Waals surface area contributed by atoms with Crippen LogP contribution in [0.4, 0.5) is 10.1 Å². The molecule has 96 valence electrons. The minimum absolute atomic E-state index is 0.132. The van der Waals surface area contributed by atoms with E-state index in [1.165, 1.54) is 13.2 Å². The molecule has 0 spiro atoms. The summed E-state index contributed by atoms with van der Waals surface area (Å²) in [5.41, 5.74) is 6.68. The Morgan fingerprint density at radius 1 is 1.53 bits per heavy atom. The van der Waals surface area contributed by atoms with Crippen molar-refractivity contribution in [2.45, 2.75) is 12.6 Å². The van der Waals surface area contributed by atoms with E-state index in [-0.39, 0.29) is 19.0 Å². The van der Waals surface area contributed by atoms with Crippen LogP contribution >= 0.6 is 0 Å². The molecule has 1 atom stereocenters. The number of benzene rings is 1. The highest BCUT2D eigenvalue weighted by molar-refractivity contribution is 5.53. The fourth-order valence-electron chi connectivity index (χ4n) is 1.77. The Labute approximate surface area is 101 Å². The van der Waals surface area contributed by atoms with Gasteiger partial charge in [-0.05, 0) is 12.1 Å². The zero-order valence-electron chi connectivity index (χ0n) is 10.2. The SMILES string of the molecule is COCC(O)CN(C)c1cccc(F)c1CN. The molecule has 1 rings (SSSR count). The molecule has 4 nitrogen and oxygen atoms in total. The van der Waals surface area contributed by atoms with Crippen molar-refractivity contribution in [3.05, 3.63) is 29.6 Å². The van der Waals surface area contributed by atoms with Crippen molar-refractivity contribution in [3.63, 3.8) is 0 Å². The van der Waals surface area contributed by atoms with Crippen LogP contribution in [0.1, 0.15) is 5.56 Å². The number of hydrogen-bond donors (Lipinski definition) is 2. The topological polar surface area (TPSA) is 58.7 Å². The predicted octanol–water partition coefficient (Wildman–Crippen LogP) is 0.728. The molecule has 0 saturated carbocycles. The second-order valence-electron chi connectivity index (χ2n) is 3.93. The van der Waals surface area contributed by atoms with Crippen LogP contribution in [0.25, 0.3) is 0 Å². The molecule has 1 aromatic rings. The van der Waals surface area contributed by atoms with Crippen molar-refractivity contribution in [2.24, 2.45) is 5.73 Å². The van der Waals surface area contributed by atoms with Gasteiger partial charge in [-0.2, -0.15) is 0 Å². The third kappa shape index (κ3) is 3.66. The van der Waals surface area contributed by atoms with Crippen LogP contribution in [-0.2, 0) is 11.3 Å². The van der Waals surface area contributed by atoms with E-state index in [1.54, 1.807) is 24.1 Å². The summed E-state index contributed by atoms with van der Waals surface area (Å²) in [4.78, 5) is 1.77. The highest BCUT2D eigenvalue weighted by Crippen LogP contribution is 2.21. The van der Waals surface area contributed by atoms with E-state index < -0.39 is 6.10 Å². The number of anilines is 1. The van der Waals surface area contributed by atoms with Gasteiger partial charge in [0.25, 0.3) is 0 Å². The molecule has 0 aliphatic carbocycles. The van der Waals surface area contributed by atoms with E-state index in [1.807, 2.05) is 0 Å². The molecular weight excluding hydrogens is 223 g/mol. The lowest BCUT2D eigenvalue weighted by atomic mass is 10.1. The largest absolute Gasteiger partial charge is 0.389 e. The van der Waals surface area contributed by atoms with Gasteiger partial charge >= 0.3 is 0 Å². The minimum atomic E-state index is -0.612. The Hall–Kier alpha value is -1.17. The zero-order chi connectivity index (χ0) is 12.8. The summed E-state index contributed by atoms with van der Waals surface area (Å²) in [6.07, 6.45) is -0.612. The summed E-state index contributed by atoms with van der Waals surface area (Å²) in [5, 5.41) is 9.62. The molecular formula is C12H19FN2O2. The highest BCUT2D eigenvalue weighted by atomic mass is 19.1. The Morgan fingerprint density at radius 3 is 2.82 bits per heavy atom. The number of rotatable bonds is 6. The van der Waals surface area contributed by atoms with Crippen molar-refractivity contribution >= 4 is 5.69 Å². The molecule has 5 heteroatoms. The third-order valence-electron chi connectivity index (χ3n) is 2.55. The average molecular weight is 242 g/mol. The number of hydrogen-bond acceptors (Lipinski definition) is 4. The summed E-state index contributed by atoms with van der Waals surface area (Å²) in [7, 11) is 3.31. The lowest BCUT2D eigenvalue weighted by Gasteiger charge is -2.24. The number of ether oxygens (including phenoxy) is 1. The molecule has 0 bridgehead atoms. The average Bonchev–Trinajstić information content (AvgIpc) is 2.28. The van der Waals surface area contributed by atoms with Crippen molar-refractivity contribution in [1.29, 1.82) is 0 Å². The first kappa shape index (κ1) is 13.9. The number of aliphatic hydroxyl groups excluding tert-OH is 1. The van der Waals surface area contributed by atoms with Gasteiger partial charge in [-0.25, -0.2) is 4.39 Å². The van der Waals surface area contributed by atoms with Gasteiger partial charge in [0, 0.05) is 38.5 Å². The normalized spacial score (nSPS) is 12.5. The van der Waals surface area contributed by atoms with Gasteiger partial charge in [0.05, 0.1) is 12.7 Å². The van der Waals surface area contributed by atoms with Crippen LogP contribution in [0, 0.1) is 5.82 Å². The van der Waals surface area contributed by atoms with Crippen LogP contribution in [0.3, 0.4) is 0 Å². The third-order valence-corrected chi connectivity index (χ3v) is 2.55. The molecule has 17 heavy (non-hydrogen) atoms. The summed E-state index contributed by atoms with van der Waals surface area (Å²) < 4.78 is 18.3. The first-order valence-corrected chi connectivity index (χ1v) is 5.45. The molecule has 3 N–H and O–H groups in total. The van der Waals surface area contributed by atoms with Gasteiger partial charge in [0.15, 0.2) is 0 Å². The first-order valence-electron chi connectivity index (χ1n) is 5.45. The van der Waals surface area contributed by atoms with E-state index in [9.17, 15) is 9.50 Å². The van der Waals surface area contributed by atoms with E-state index in [0.717, 1.165) is 0 Å². The van der Waals surface area contributed by atoms with Crippen molar-refractivity contribution < 1.29 is 14.2 Å². The fourth-order valence-corrected chi connectivity index (χ4v) is 1.77. The highest BCUT2D eigenvalue weighted by Gasteiger charge is 2.13. The van der Waals surface area contributed by atoms with Crippen molar-refractivity contribution in [2.75, 3.05) is 32.2 Å². The van der Waals surface area contributed by atoms with Crippen LogP contribution in [-0.4, -0.2) is 38.5 Å². The van der Waals surface area contributed by atoms with Crippen molar-refractivity contribution in [1.82, 2.24) is 0 Å². The molecule has 0 heterocycles. The number of nitrogens with zero attached hydrogens (tertiary/aromatic N) is 1. The quantitative estimate of drug-likeness (QED) is 0.772. The fraction of sp³-hybridized carbons (Fsp3) is 0.500.